The molecule has 0 fully saturated rings. The van der Waals surface area contributed by atoms with Crippen LogP contribution in [-0.4, -0.2) is 5.25 Å². The largest absolute Gasteiger partial charge is 0.177 e. The summed E-state index contributed by atoms with van der Waals surface area (Å²) < 4.78 is 0. The fraction of sp³-hybridized carbons (Fsp3) is 1.00. The summed E-state index contributed by atoms with van der Waals surface area (Å²) in [6, 6.07) is 0. The molecule has 0 aromatic carbocycles. The van der Waals surface area contributed by atoms with Crippen LogP contribution in [0, 0.1) is 0 Å². The molecule has 1 radical (unpaired) electrons. The number of thiol groups is 1. The molecule has 0 amide bonds. The van der Waals surface area contributed by atoms with Gasteiger partial charge in [0.15, 0.2) is 0 Å². The Kier molecular flexibility index (Phi) is 9.60. The van der Waals surface area contributed by atoms with Gasteiger partial charge in [-0.2, -0.15) is 12.6 Å². The molecule has 0 saturated carbocycles. The van der Waals surface area contributed by atoms with Crippen LogP contribution in [0.15, 0.2) is 0 Å². The van der Waals surface area contributed by atoms with Gasteiger partial charge in [0.05, 0.1) is 0 Å². The second-order valence-electron chi connectivity index (χ2n) is 1.09. The van der Waals surface area contributed by atoms with E-state index in [1.54, 1.807) is 0 Å². The van der Waals surface area contributed by atoms with Gasteiger partial charge in [0.25, 0.3) is 0 Å². The van der Waals surface area contributed by atoms with Crippen molar-refractivity contribution in [3.05, 3.63) is 0 Å². The van der Waals surface area contributed by atoms with Gasteiger partial charge in [-0.05, 0) is 5.25 Å². The van der Waals surface area contributed by atoms with Crippen LogP contribution in [0.25, 0.3) is 0 Å². The molecule has 37 valence electrons. The molecule has 0 saturated heterocycles. The summed E-state index contributed by atoms with van der Waals surface area (Å²) in [4.78, 5) is 0. The van der Waals surface area contributed by atoms with E-state index in [0.29, 0.717) is 5.25 Å². The summed E-state index contributed by atoms with van der Waals surface area (Å²) in [6.07, 6.45) is 0. The van der Waals surface area contributed by atoms with Gasteiger partial charge in [-0.1, -0.05) is 13.8 Å². The Morgan fingerprint density at radius 2 is 1.40 bits per heavy atom. The minimum absolute atomic E-state index is 0. The van der Waals surface area contributed by atoms with E-state index in [0.717, 1.165) is 0 Å². The molecule has 0 aromatic rings. The van der Waals surface area contributed by atoms with E-state index < -0.39 is 0 Å². The Labute approximate surface area is 54.3 Å². The summed E-state index contributed by atoms with van der Waals surface area (Å²) in [7, 11) is 0. The van der Waals surface area contributed by atoms with Crippen molar-refractivity contribution in [1.82, 2.24) is 0 Å². The van der Waals surface area contributed by atoms with E-state index in [9.17, 15) is 0 Å². The Hall–Kier alpha value is 1.09. The van der Waals surface area contributed by atoms with Crippen molar-refractivity contribution < 1.29 is 22.4 Å². The van der Waals surface area contributed by atoms with Crippen molar-refractivity contribution in [3.63, 3.8) is 0 Å². The molecular formula is C3H8AgS. The molecule has 0 aliphatic heterocycles. The molecule has 0 aliphatic rings. The van der Waals surface area contributed by atoms with Crippen molar-refractivity contribution in [2.45, 2.75) is 19.1 Å². The molecule has 0 unspecified atom stereocenters. The van der Waals surface area contributed by atoms with Crippen molar-refractivity contribution in [2.24, 2.45) is 0 Å². The molecule has 0 N–H and O–H groups in total. The van der Waals surface area contributed by atoms with Crippen molar-refractivity contribution in [3.8, 4) is 0 Å². The number of hydrogen-bond acceptors (Lipinski definition) is 1. The molecule has 5 heavy (non-hydrogen) atoms. The van der Waals surface area contributed by atoms with E-state index in [-0.39, 0.29) is 22.4 Å². The second-order valence-corrected chi connectivity index (χ2v) is 2.13. The standard InChI is InChI=1S/C3H8S.Ag/c1-3(2)4;/h3-4H,1-2H3;. The Balaban J connectivity index is 0. The Morgan fingerprint density at radius 3 is 1.40 bits per heavy atom. The van der Waals surface area contributed by atoms with Crippen LogP contribution >= 0.6 is 12.6 Å². The van der Waals surface area contributed by atoms with Gasteiger partial charge >= 0.3 is 0 Å². The maximum Gasteiger partial charge on any atom is 0 e. The average molecular weight is 184 g/mol. The Bertz CT molecular complexity index is 11.6. The molecule has 0 bridgehead atoms. The van der Waals surface area contributed by atoms with Crippen molar-refractivity contribution in [1.29, 1.82) is 0 Å². The van der Waals surface area contributed by atoms with Crippen molar-refractivity contribution in [2.75, 3.05) is 0 Å². The first-order chi connectivity index (χ1) is 1.73. The van der Waals surface area contributed by atoms with Crippen LogP contribution in [0.3, 0.4) is 0 Å². The molecule has 0 heterocycles. The number of hydrogen-bond donors (Lipinski definition) is 1. The normalized spacial score (nSPS) is 7.20. The van der Waals surface area contributed by atoms with E-state index in [2.05, 4.69) is 12.6 Å². The topological polar surface area (TPSA) is 0 Å². The molecule has 0 rings (SSSR count). The smallest absolute Gasteiger partial charge is 0 e. The first-order valence-electron chi connectivity index (χ1n) is 1.41. The summed E-state index contributed by atoms with van der Waals surface area (Å²) in [5.74, 6) is 0. The van der Waals surface area contributed by atoms with E-state index in [1.807, 2.05) is 13.8 Å². The molecule has 0 aliphatic carbocycles. The summed E-state index contributed by atoms with van der Waals surface area (Å²) in [5, 5.41) is 0.528. The molecular weight excluding hydrogens is 176 g/mol. The molecule has 0 aromatic heterocycles. The molecule has 0 atom stereocenters. The predicted molar refractivity (Wildman–Crippen MR) is 24.1 cm³/mol. The zero-order chi connectivity index (χ0) is 3.58. The SMILES string of the molecule is CC(C)S.[Ag]. The van der Waals surface area contributed by atoms with E-state index >= 15 is 0 Å². The summed E-state index contributed by atoms with van der Waals surface area (Å²) >= 11 is 3.97. The third-order valence-electron chi connectivity index (χ3n) is 0. The van der Waals surface area contributed by atoms with Crippen molar-refractivity contribution >= 4 is 12.6 Å². The number of rotatable bonds is 0. The van der Waals surface area contributed by atoms with Gasteiger partial charge in [-0.3, -0.25) is 0 Å². The molecule has 2 heteroatoms. The fourth-order valence-electron chi connectivity index (χ4n) is 0. The van der Waals surface area contributed by atoms with Crippen LogP contribution < -0.4 is 0 Å². The zero-order valence-corrected chi connectivity index (χ0v) is 5.70. The minimum atomic E-state index is 0. The molecule has 0 nitrogen and oxygen atoms in total. The van der Waals surface area contributed by atoms with Gasteiger partial charge in [-0.15, -0.1) is 0 Å². The van der Waals surface area contributed by atoms with Crippen LogP contribution in [-0.2, 0) is 22.4 Å². The van der Waals surface area contributed by atoms with Gasteiger partial charge in [-0.25, -0.2) is 0 Å². The predicted octanol–water partition coefficient (Wildman–Crippen LogP) is 1.32. The quantitative estimate of drug-likeness (QED) is 0.426. The fourth-order valence-corrected chi connectivity index (χ4v) is 0. The van der Waals surface area contributed by atoms with Crippen LogP contribution in [0.5, 0.6) is 0 Å². The minimum Gasteiger partial charge on any atom is -0.177 e. The van der Waals surface area contributed by atoms with Gasteiger partial charge < -0.3 is 0 Å². The van der Waals surface area contributed by atoms with Gasteiger partial charge in [0.1, 0.15) is 0 Å². The second kappa shape index (κ2) is 5.09. The third kappa shape index (κ3) is 40.9. The van der Waals surface area contributed by atoms with Crippen LogP contribution in [0.2, 0.25) is 0 Å². The van der Waals surface area contributed by atoms with E-state index in [1.165, 1.54) is 0 Å². The summed E-state index contributed by atoms with van der Waals surface area (Å²) in [6.45, 7) is 4.06. The van der Waals surface area contributed by atoms with Gasteiger partial charge in [0.2, 0.25) is 0 Å². The summed E-state index contributed by atoms with van der Waals surface area (Å²) in [5.41, 5.74) is 0. The van der Waals surface area contributed by atoms with Gasteiger partial charge in [0, 0.05) is 22.4 Å². The maximum atomic E-state index is 3.97. The maximum absolute atomic E-state index is 3.97. The first-order valence-corrected chi connectivity index (χ1v) is 1.93. The Morgan fingerprint density at radius 1 is 1.40 bits per heavy atom. The molecule has 0 spiro atoms. The monoisotopic (exact) mass is 183 g/mol. The third-order valence-corrected chi connectivity index (χ3v) is 0. The van der Waals surface area contributed by atoms with Crippen LogP contribution in [0.1, 0.15) is 13.8 Å². The van der Waals surface area contributed by atoms with E-state index in [4.69, 9.17) is 0 Å². The average Bonchev–Trinajstić information content (AvgIpc) is 0.811. The van der Waals surface area contributed by atoms with Crippen LogP contribution in [0.4, 0.5) is 0 Å². The first kappa shape index (κ1) is 9.43. The zero-order valence-electron chi connectivity index (χ0n) is 3.33.